The Morgan fingerprint density at radius 3 is 2.62 bits per heavy atom. The molecule has 16 heavy (non-hydrogen) atoms. The van der Waals surface area contributed by atoms with Crippen LogP contribution >= 0.6 is 11.8 Å². The molecule has 1 aromatic rings. The molecule has 0 aliphatic heterocycles. The summed E-state index contributed by atoms with van der Waals surface area (Å²) in [6.07, 6.45) is 3.39. The van der Waals surface area contributed by atoms with Crippen LogP contribution in [0.4, 0.5) is 0 Å². The third-order valence-corrected chi connectivity index (χ3v) is 4.13. The smallest absolute Gasteiger partial charge is 0.0641 e. The first-order valence-corrected chi connectivity index (χ1v) is 7.07. The SMILES string of the molecule is CSC(C)CCNCc1c(C)nn(C)c1C. The minimum Gasteiger partial charge on any atom is -0.312 e. The van der Waals surface area contributed by atoms with Crippen molar-refractivity contribution in [3.8, 4) is 0 Å². The Bertz CT molecular complexity index is 333. The van der Waals surface area contributed by atoms with E-state index < -0.39 is 0 Å². The highest BCUT2D eigenvalue weighted by Crippen LogP contribution is 2.12. The molecule has 4 heteroatoms. The second-order valence-electron chi connectivity index (χ2n) is 4.28. The molecule has 0 spiro atoms. The monoisotopic (exact) mass is 241 g/mol. The van der Waals surface area contributed by atoms with Crippen molar-refractivity contribution >= 4 is 11.8 Å². The van der Waals surface area contributed by atoms with E-state index in [1.165, 1.54) is 17.7 Å². The average molecular weight is 241 g/mol. The molecule has 0 aliphatic carbocycles. The standard InChI is InChI=1S/C12H23N3S/c1-9(16-5)6-7-13-8-12-10(2)14-15(4)11(12)3/h9,13H,6-8H2,1-5H3. The summed E-state index contributed by atoms with van der Waals surface area (Å²) in [5, 5.41) is 8.65. The van der Waals surface area contributed by atoms with Crippen LogP contribution in [0.1, 0.15) is 30.3 Å². The minimum atomic E-state index is 0.739. The van der Waals surface area contributed by atoms with E-state index in [0.29, 0.717) is 0 Å². The van der Waals surface area contributed by atoms with Crippen molar-refractivity contribution in [2.24, 2.45) is 7.05 Å². The lowest BCUT2D eigenvalue weighted by Crippen LogP contribution is -2.18. The molecule has 0 fully saturated rings. The van der Waals surface area contributed by atoms with Gasteiger partial charge in [-0.25, -0.2) is 0 Å². The molecular formula is C12H23N3S. The number of thioether (sulfide) groups is 1. The third-order valence-electron chi connectivity index (χ3n) is 3.09. The Morgan fingerprint density at radius 1 is 1.44 bits per heavy atom. The maximum absolute atomic E-state index is 4.41. The van der Waals surface area contributed by atoms with E-state index in [2.05, 4.69) is 37.4 Å². The number of rotatable bonds is 6. The second kappa shape index (κ2) is 6.30. The van der Waals surface area contributed by atoms with E-state index in [9.17, 15) is 0 Å². The van der Waals surface area contributed by atoms with Gasteiger partial charge in [-0.15, -0.1) is 0 Å². The van der Waals surface area contributed by atoms with Crippen LogP contribution in [0.15, 0.2) is 0 Å². The molecule has 0 saturated carbocycles. The van der Waals surface area contributed by atoms with Gasteiger partial charge in [0.15, 0.2) is 0 Å². The van der Waals surface area contributed by atoms with E-state index in [4.69, 9.17) is 0 Å². The van der Waals surface area contributed by atoms with E-state index in [-0.39, 0.29) is 0 Å². The van der Waals surface area contributed by atoms with Gasteiger partial charge in [0.2, 0.25) is 0 Å². The van der Waals surface area contributed by atoms with E-state index >= 15 is 0 Å². The van der Waals surface area contributed by atoms with Crippen LogP contribution in [0.5, 0.6) is 0 Å². The Kier molecular flexibility index (Phi) is 5.35. The molecule has 0 amide bonds. The van der Waals surface area contributed by atoms with Crippen LogP contribution in [0, 0.1) is 13.8 Å². The maximum atomic E-state index is 4.41. The van der Waals surface area contributed by atoms with Crippen molar-refractivity contribution in [3.05, 3.63) is 17.0 Å². The van der Waals surface area contributed by atoms with Crippen molar-refractivity contribution in [1.82, 2.24) is 15.1 Å². The van der Waals surface area contributed by atoms with Gasteiger partial charge in [0.25, 0.3) is 0 Å². The quantitative estimate of drug-likeness (QED) is 0.775. The lowest BCUT2D eigenvalue weighted by molar-refractivity contribution is 0.643. The predicted molar refractivity (Wildman–Crippen MR) is 72.0 cm³/mol. The Labute approximate surface area is 103 Å². The van der Waals surface area contributed by atoms with Gasteiger partial charge in [-0.1, -0.05) is 6.92 Å². The highest BCUT2D eigenvalue weighted by molar-refractivity contribution is 7.99. The van der Waals surface area contributed by atoms with Crippen LogP contribution in [-0.4, -0.2) is 27.8 Å². The topological polar surface area (TPSA) is 29.9 Å². The Balaban J connectivity index is 2.37. The molecule has 0 saturated heterocycles. The molecule has 0 aromatic carbocycles. The molecule has 1 N–H and O–H groups in total. The van der Waals surface area contributed by atoms with Gasteiger partial charge in [-0.05, 0) is 33.1 Å². The summed E-state index contributed by atoms with van der Waals surface area (Å²) < 4.78 is 1.96. The molecular weight excluding hydrogens is 218 g/mol. The van der Waals surface area contributed by atoms with E-state index in [1.807, 2.05) is 23.5 Å². The lowest BCUT2D eigenvalue weighted by atomic mass is 10.2. The van der Waals surface area contributed by atoms with Crippen molar-refractivity contribution in [2.75, 3.05) is 12.8 Å². The number of hydrogen-bond acceptors (Lipinski definition) is 3. The lowest BCUT2D eigenvalue weighted by Gasteiger charge is -2.09. The fourth-order valence-corrected chi connectivity index (χ4v) is 2.06. The second-order valence-corrected chi connectivity index (χ2v) is 5.56. The Morgan fingerprint density at radius 2 is 2.12 bits per heavy atom. The van der Waals surface area contributed by atoms with Crippen LogP contribution in [-0.2, 0) is 13.6 Å². The third kappa shape index (κ3) is 3.52. The summed E-state index contributed by atoms with van der Waals surface area (Å²) in [6, 6.07) is 0. The Hall–Kier alpha value is -0.480. The molecule has 1 atom stereocenters. The van der Waals surface area contributed by atoms with Crippen molar-refractivity contribution in [2.45, 2.75) is 39.0 Å². The van der Waals surface area contributed by atoms with Gasteiger partial charge < -0.3 is 5.32 Å². The number of aryl methyl sites for hydroxylation is 2. The largest absolute Gasteiger partial charge is 0.312 e. The van der Waals surface area contributed by atoms with Gasteiger partial charge in [-0.3, -0.25) is 4.68 Å². The highest BCUT2D eigenvalue weighted by atomic mass is 32.2. The highest BCUT2D eigenvalue weighted by Gasteiger charge is 2.08. The first-order chi connectivity index (χ1) is 7.56. The normalized spacial score (nSPS) is 13.1. The van der Waals surface area contributed by atoms with Crippen LogP contribution in [0.3, 0.4) is 0 Å². The molecule has 1 aromatic heterocycles. The summed E-state index contributed by atoms with van der Waals surface area (Å²) in [7, 11) is 2.00. The fourth-order valence-electron chi connectivity index (χ4n) is 1.71. The average Bonchev–Trinajstić information content (AvgIpc) is 2.49. The van der Waals surface area contributed by atoms with Gasteiger partial charge >= 0.3 is 0 Å². The van der Waals surface area contributed by atoms with Crippen molar-refractivity contribution in [3.63, 3.8) is 0 Å². The maximum Gasteiger partial charge on any atom is 0.0641 e. The van der Waals surface area contributed by atoms with Gasteiger partial charge in [0.05, 0.1) is 5.69 Å². The number of aromatic nitrogens is 2. The summed E-state index contributed by atoms with van der Waals surface area (Å²) in [6.45, 7) is 8.49. The van der Waals surface area contributed by atoms with Gasteiger partial charge in [0.1, 0.15) is 0 Å². The molecule has 1 rings (SSSR count). The molecule has 3 nitrogen and oxygen atoms in total. The first-order valence-electron chi connectivity index (χ1n) is 5.78. The summed E-state index contributed by atoms with van der Waals surface area (Å²) >= 11 is 1.92. The molecule has 1 unspecified atom stereocenters. The predicted octanol–water partition coefficient (Wildman–Crippen LogP) is 2.27. The van der Waals surface area contributed by atoms with Crippen LogP contribution in [0.25, 0.3) is 0 Å². The van der Waals surface area contributed by atoms with Crippen molar-refractivity contribution < 1.29 is 0 Å². The first kappa shape index (κ1) is 13.6. The number of hydrogen-bond donors (Lipinski definition) is 1. The van der Waals surface area contributed by atoms with Crippen LogP contribution < -0.4 is 5.32 Å². The summed E-state index contributed by atoms with van der Waals surface area (Å²) in [5.74, 6) is 0. The van der Waals surface area contributed by atoms with E-state index in [0.717, 1.165) is 24.0 Å². The molecule has 0 radical (unpaired) electrons. The summed E-state index contributed by atoms with van der Waals surface area (Å²) in [4.78, 5) is 0. The zero-order chi connectivity index (χ0) is 12.1. The van der Waals surface area contributed by atoms with Crippen molar-refractivity contribution in [1.29, 1.82) is 0 Å². The molecule has 0 bridgehead atoms. The zero-order valence-electron chi connectivity index (χ0n) is 11.0. The molecule has 1 heterocycles. The van der Waals surface area contributed by atoms with Gasteiger partial charge in [0, 0.05) is 30.1 Å². The minimum absolute atomic E-state index is 0.739. The summed E-state index contributed by atoms with van der Waals surface area (Å²) in [5.41, 5.74) is 3.76. The van der Waals surface area contributed by atoms with Crippen LogP contribution in [0.2, 0.25) is 0 Å². The fraction of sp³-hybridized carbons (Fsp3) is 0.750. The molecule has 92 valence electrons. The zero-order valence-corrected chi connectivity index (χ0v) is 11.8. The number of nitrogens with one attached hydrogen (secondary N) is 1. The molecule has 0 aliphatic rings. The van der Waals surface area contributed by atoms with E-state index in [1.54, 1.807) is 0 Å². The number of nitrogens with zero attached hydrogens (tertiary/aromatic N) is 2. The van der Waals surface area contributed by atoms with Gasteiger partial charge in [-0.2, -0.15) is 16.9 Å².